The van der Waals surface area contributed by atoms with Crippen molar-refractivity contribution in [1.82, 2.24) is 13.9 Å². The number of aromatic amines is 1. The van der Waals surface area contributed by atoms with Gasteiger partial charge >= 0.3 is 5.69 Å². The van der Waals surface area contributed by atoms with Crippen LogP contribution in [0.1, 0.15) is 5.56 Å². The Morgan fingerprint density at radius 1 is 0.926 bits per heavy atom. The monoisotopic (exact) mass is 377 g/mol. The van der Waals surface area contributed by atoms with Crippen LogP contribution < -0.4 is 5.69 Å². The highest BCUT2D eigenvalue weighted by atomic mass is 32.2. The van der Waals surface area contributed by atoms with Crippen LogP contribution in [0, 0.1) is 5.82 Å². The molecule has 0 bridgehead atoms. The van der Waals surface area contributed by atoms with E-state index in [1.54, 1.807) is 28.5 Å². The minimum absolute atomic E-state index is 0.220. The number of benzene rings is 2. The van der Waals surface area contributed by atoms with Gasteiger partial charge in [-0.25, -0.2) is 13.2 Å². The fourth-order valence-corrected chi connectivity index (χ4v) is 3.81. The summed E-state index contributed by atoms with van der Waals surface area (Å²) in [6, 6.07) is 19.8. The number of aromatic nitrogens is 3. The highest BCUT2D eigenvalue weighted by molar-refractivity contribution is 7.97. The van der Waals surface area contributed by atoms with Crippen molar-refractivity contribution >= 4 is 11.9 Å². The summed E-state index contributed by atoms with van der Waals surface area (Å²) in [5.74, 6) is 0.327. The standard InChI is InChI=1S/C21H16FN3OS/c22-18-8-6-17(7-9-18)20-19(16-10-12-23-13-11-16)24-21(26)25(20)27-14-15-4-2-1-3-5-15/h1-13H,14H2,(H,24,26). The molecule has 0 saturated carbocycles. The van der Waals surface area contributed by atoms with Crippen molar-refractivity contribution in [2.45, 2.75) is 5.75 Å². The average molecular weight is 377 g/mol. The van der Waals surface area contributed by atoms with Crippen molar-refractivity contribution in [2.24, 2.45) is 0 Å². The van der Waals surface area contributed by atoms with E-state index in [0.717, 1.165) is 16.7 Å². The number of nitrogens with zero attached hydrogens (tertiary/aromatic N) is 2. The highest BCUT2D eigenvalue weighted by Crippen LogP contribution is 2.32. The summed E-state index contributed by atoms with van der Waals surface area (Å²) in [5, 5.41) is 0. The maximum atomic E-state index is 13.4. The average Bonchev–Trinajstić information content (AvgIpc) is 3.05. The van der Waals surface area contributed by atoms with Crippen LogP contribution in [-0.4, -0.2) is 13.9 Å². The number of nitrogens with one attached hydrogen (secondary N) is 1. The molecule has 2 aromatic carbocycles. The molecule has 1 N–H and O–H groups in total. The lowest BCUT2D eigenvalue weighted by atomic mass is 10.1. The van der Waals surface area contributed by atoms with E-state index < -0.39 is 0 Å². The number of hydrogen-bond donors (Lipinski definition) is 1. The molecular weight excluding hydrogens is 361 g/mol. The lowest BCUT2D eigenvalue weighted by Gasteiger charge is -2.09. The minimum Gasteiger partial charge on any atom is -0.304 e. The van der Waals surface area contributed by atoms with Crippen molar-refractivity contribution in [3.8, 4) is 22.5 Å². The molecule has 2 aromatic heterocycles. The van der Waals surface area contributed by atoms with E-state index in [0.29, 0.717) is 17.1 Å². The molecule has 0 saturated heterocycles. The van der Waals surface area contributed by atoms with E-state index in [4.69, 9.17) is 0 Å². The minimum atomic E-state index is -0.314. The van der Waals surface area contributed by atoms with Crippen LogP contribution in [0.15, 0.2) is 83.9 Å². The molecule has 4 aromatic rings. The predicted molar refractivity (Wildman–Crippen MR) is 107 cm³/mol. The van der Waals surface area contributed by atoms with Crippen molar-refractivity contribution in [3.63, 3.8) is 0 Å². The van der Waals surface area contributed by atoms with E-state index in [2.05, 4.69) is 9.97 Å². The third-order valence-electron chi connectivity index (χ3n) is 4.15. The lowest BCUT2D eigenvalue weighted by molar-refractivity contribution is 0.628. The Morgan fingerprint density at radius 3 is 2.33 bits per heavy atom. The molecule has 6 heteroatoms. The summed E-state index contributed by atoms with van der Waals surface area (Å²) in [4.78, 5) is 19.7. The molecule has 0 aliphatic carbocycles. The topological polar surface area (TPSA) is 50.7 Å². The van der Waals surface area contributed by atoms with Gasteiger partial charge in [0.2, 0.25) is 0 Å². The zero-order valence-electron chi connectivity index (χ0n) is 14.3. The Balaban J connectivity index is 1.81. The van der Waals surface area contributed by atoms with Crippen molar-refractivity contribution < 1.29 is 4.39 Å². The second-order valence-corrected chi connectivity index (χ2v) is 6.86. The number of hydrogen-bond acceptors (Lipinski definition) is 3. The zero-order valence-corrected chi connectivity index (χ0v) is 15.1. The summed E-state index contributed by atoms with van der Waals surface area (Å²) >= 11 is 1.40. The maximum Gasteiger partial charge on any atom is 0.336 e. The van der Waals surface area contributed by atoms with Crippen LogP contribution in [0.3, 0.4) is 0 Å². The van der Waals surface area contributed by atoms with Crippen LogP contribution in [0.4, 0.5) is 4.39 Å². The Hall–Kier alpha value is -3.12. The third-order valence-corrected chi connectivity index (χ3v) is 5.22. The van der Waals surface area contributed by atoms with E-state index in [1.807, 2.05) is 42.5 Å². The summed E-state index contributed by atoms with van der Waals surface area (Å²) < 4.78 is 15.0. The van der Waals surface area contributed by atoms with E-state index in [-0.39, 0.29) is 11.5 Å². The first-order valence-electron chi connectivity index (χ1n) is 8.41. The molecule has 0 atom stereocenters. The molecule has 4 nitrogen and oxygen atoms in total. The van der Waals surface area contributed by atoms with Gasteiger partial charge in [-0.3, -0.25) is 4.98 Å². The normalized spacial score (nSPS) is 10.9. The Labute approximate surface area is 159 Å². The van der Waals surface area contributed by atoms with Gasteiger partial charge in [-0.1, -0.05) is 30.3 Å². The molecular formula is C21H16FN3OS. The smallest absolute Gasteiger partial charge is 0.304 e. The SMILES string of the molecule is O=c1[nH]c(-c2ccncc2)c(-c2ccc(F)cc2)n1SCc1ccccc1. The van der Waals surface area contributed by atoms with Gasteiger partial charge in [0.15, 0.2) is 0 Å². The molecule has 0 aliphatic heterocycles. The van der Waals surface area contributed by atoms with Gasteiger partial charge in [0.25, 0.3) is 0 Å². The van der Waals surface area contributed by atoms with Crippen molar-refractivity contribution in [1.29, 1.82) is 0 Å². The van der Waals surface area contributed by atoms with Crippen LogP contribution in [0.2, 0.25) is 0 Å². The van der Waals surface area contributed by atoms with E-state index in [1.165, 1.54) is 24.1 Å². The van der Waals surface area contributed by atoms with Crippen LogP contribution in [0.5, 0.6) is 0 Å². The molecule has 4 rings (SSSR count). The van der Waals surface area contributed by atoms with E-state index in [9.17, 15) is 9.18 Å². The fraction of sp³-hybridized carbons (Fsp3) is 0.0476. The quantitative estimate of drug-likeness (QED) is 0.546. The van der Waals surface area contributed by atoms with Crippen molar-refractivity contribution in [3.05, 3.63) is 101 Å². The van der Waals surface area contributed by atoms with Gasteiger partial charge in [0.05, 0.1) is 11.4 Å². The molecule has 0 amide bonds. The van der Waals surface area contributed by atoms with Crippen LogP contribution >= 0.6 is 11.9 Å². The first kappa shape index (κ1) is 17.3. The molecule has 0 spiro atoms. The lowest BCUT2D eigenvalue weighted by Crippen LogP contribution is -2.12. The van der Waals surface area contributed by atoms with Crippen LogP contribution in [0.25, 0.3) is 22.5 Å². The number of rotatable bonds is 5. The number of pyridine rings is 1. The maximum absolute atomic E-state index is 13.4. The van der Waals surface area contributed by atoms with E-state index >= 15 is 0 Å². The molecule has 0 unspecified atom stereocenters. The Bertz CT molecular complexity index is 1090. The van der Waals surface area contributed by atoms with Crippen molar-refractivity contribution in [2.75, 3.05) is 0 Å². The molecule has 0 fully saturated rings. The first-order chi connectivity index (χ1) is 13.2. The Morgan fingerprint density at radius 2 is 1.63 bits per heavy atom. The number of H-pyrrole nitrogens is 1. The first-order valence-corrected chi connectivity index (χ1v) is 9.35. The van der Waals surface area contributed by atoms with Gasteiger partial charge in [0.1, 0.15) is 5.82 Å². The van der Waals surface area contributed by atoms with Gasteiger partial charge in [-0.2, -0.15) is 0 Å². The fourth-order valence-electron chi connectivity index (χ4n) is 2.85. The summed E-state index contributed by atoms with van der Waals surface area (Å²) in [6.07, 6.45) is 3.35. The summed E-state index contributed by atoms with van der Waals surface area (Å²) in [6.45, 7) is 0. The molecule has 134 valence electrons. The largest absolute Gasteiger partial charge is 0.336 e. The number of imidazole rings is 1. The second-order valence-electron chi connectivity index (χ2n) is 5.95. The summed E-state index contributed by atoms with van der Waals surface area (Å²) in [7, 11) is 0. The number of halogens is 1. The van der Waals surface area contributed by atoms with Gasteiger partial charge in [-0.05, 0) is 53.9 Å². The zero-order chi connectivity index (χ0) is 18.6. The predicted octanol–water partition coefficient (Wildman–Crippen LogP) is 4.74. The van der Waals surface area contributed by atoms with Gasteiger partial charge < -0.3 is 4.98 Å². The molecule has 0 aliphatic rings. The van der Waals surface area contributed by atoms with Crippen LogP contribution in [-0.2, 0) is 5.75 Å². The third kappa shape index (κ3) is 3.71. The van der Waals surface area contributed by atoms with Gasteiger partial charge in [0, 0.05) is 29.3 Å². The Kier molecular flexibility index (Phi) is 4.89. The summed E-state index contributed by atoms with van der Waals surface area (Å²) in [5.41, 5.74) is 3.91. The molecule has 0 radical (unpaired) electrons. The molecule has 2 heterocycles. The second kappa shape index (κ2) is 7.63. The highest BCUT2D eigenvalue weighted by Gasteiger charge is 2.18. The van der Waals surface area contributed by atoms with Gasteiger partial charge in [-0.15, -0.1) is 0 Å². The molecule has 27 heavy (non-hydrogen) atoms.